The summed E-state index contributed by atoms with van der Waals surface area (Å²) in [6, 6.07) is 8.82. The Bertz CT molecular complexity index is 1110. The minimum atomic E-state index is -4.69. The first kappa shape index (κ1) is 17.7. The summed E-state index contributed by atoms with van der Waals surface area (Å²) in [6.07, 6.45) is -3.41. The number of nitrogens with zero attached hydrogens (tertiary/aromatic N) is 4. The van der Waals surface area contributed by atoms with Crippen LogP contribution in [0, 0.1) is 5.41 Å². The minimum absolute atomic E-state index is 0.0897. The molecule has 0 radical (unpaired) electrons. The molecule has 0 saturated carbocycles. The number of rotatable bonds is 1. The number of fused-ring (bicyclic) bond motifs is 2. The van der Waals surface area contributed by atoms with E-state index in [1.165, 1.54) is 6.08 Å². The first-order valence-corrected chi connectivity index (χ1v) is 8.56. The fourth-order valence-corrected chi connectivity index (χ4v) is 3.43. The zero-order valence-electron chi connectivity index (χ0n) is 13.1. The number of amides is 1. The van der Waals surface area contributed by atoms with Gasteiger partial charge in [-0.05, 0) is 30.0 Å². The largest absolute Gasteiger partial charge is 0.441 e. The number of thioether (sulfide) groups is 1. The van der Waals surface area contributed by atoms with Crippen molar-refractivity contribution in [1.82, 2.24) is 9.99 Å². The highest BCUT2D eigenvalue weighted by atomic mass is 35.5. The Morgan fingerprint density at radius 3 is 2.74 bits per heavy atom. The van der Waals surface area contributed by atoms with Crippen LogP contribution in [-0.2, 0) is 4.79 Å². The molecule has 1 N–H and O–H groups in total. The Morgan fingerprint density at radius 1 is 1.26 bits per heavy atom. The van der Waals surface area contributed by atoms with Gasteiger partial charge in [-0.25, -0.2) is 4.98 Å². The number of hydrogen-bond acceptors (Lipinski definition) is 5. The van der Waals surface area contributed by atoms with Gasteiger partial charge in [-0.3, -0.25) is 10.2 Å². The zero-order chi connectivity index (χ0) is 19.3. The lowest BCUT2D eigenvalue weighted by Gasteiger charge is -2.20. The van der Waals surface area contributed by atoms with Crippen LogP contribution in [0.1, 0.15) is 5.56 Å². The molecule has 1 aromatic heterocycles. The number of alkyl halides is 3. The standard InChI is InChI=1S/C16H7ClF3N5OS/c17-11-8(5-7-3-1-2-4-10(7)22-11)6-9-12(21)25-15(23-13(9)26)27-14(24-25)16(18,19)20/h1-6,21H/b9-6-,21-12?. The quantitative estimate of drug-likeness (QED) is 0.568. The highest BCUT2D eigenvalue weighted by molar-refractivity contribution is 8.27. The van der Waals surface area contributed by atoms with Crippen LogP contribution in [0.5, 0.6) is 0 Å². The fraction of sp³-hybridized carbons (Fsp3) is 0.0625. The molecule has 136 valence electrons. The maximum atomic E-state index is 12.8. The maximum Gasteiger partial charge on any atom is 0.441 e. The minimum Gasteiger partial charge on any atom is -0.282 e. The SMILES string of the molecule is N=C1/C(=C/c2cc3ccccc3nc2Cl)C(=O)N=C2SC(C(F)(F)F)=NN12. The molecule has 2 aliphatic rings. The highest BCUT2D eigenvalue weighted by Gasteiger charge is 2.46. The first-order chi connectivity index (χ1) is 12.7. The average molecular weight is 410 g/mol. The molecule has 0 unspecified atom stereocenters. The Morgan fingerprint density at radius 2 is 2.00 bits per heavy atom. The summed E-state index contributed by atoms with van der Waals surface area (Å²) >= 11 is 6.34. The molecule has 11 heteroatoms. The van der Waals surface area contributed by atoms with Crippen molar-refractivity contribution in [2.75, 3.05) is 0 Å². The van der Waals surface area contributed by atoms with Crippen molar-refractivity contribution in [3.05, 3.63) is 46.6 Å². The summed E-state index contributed by atoms with van der Waals surface area (Å²) in [5.41, 5.74) is 0.755. The van der Waals surface area contributed by atoms with Gasteiger partial charge in [0, 0.05) is 10.9 Å². The van der Waals surface area contributed by atoms with E-state index in [-0.39, 0.29) is 27.7 Å². The van der Waals surface area contributed by atoms with E-state index in [1.54, 1.807) is 30.3 Å². The van der Waals surface area contributed by atoms with Gasteiger partial charge in [0.1, 0.15) is 5.15 Å². The molecule has 0 aliphatic carbocycles. The van der Waals surface area contributed by atoms with Crippen LogP contribution in [-0.4, -0.2) is 38.1 Å². The number of aromatic nitrogens is 1. The number of carbonyl (C=O) groups excluding carboxylic acids is 1. The topological polar surface area (TPSA) is 81.8 Å². The molecule has 0 fully saturated rings. The summed E-state index contributed by atoms with van der Waals surface area (Å²) in [6.45, 7) is 0. The number of carbonyl (C=O) groups is 1. The van der Waals surface area contributed by atoms with Gasteiger partial charge in [0.15, 0.2) is 5.84 Å². The van der Waals surface area contributed by atoms with E-state index in [0.29, 0.717) is 16.1 Å². The molecule has 4 rings (SSSR count). The Hall–Kier alpha value is -2.72. The van der Waals surface area contributed by atoms with E-state index in [1.807, 2.05) is 0 Å². The van der Waals surface area contributed by atoms with E-state index in [0.717, 1.165) is 5.39 Å². The van der Waals surface area contributed by atoms with Gasteiger partial charge in [0.2, 0.25) is 10.2 Å². The van der Waals surface area contributed by atoms with E-state index in [9.17, 15) is 18.0 Å². The van der Waals surface area contributed by atoms with Gasteiger partial charge in [-0.1, -0.05) is 29.8 Å². The third-order valence-corrected chi connectivity index (χ3v) is 4.96. The maximum absolute atomic E-state index is 12.8. The lowest BCUT2D eigenvalue weighted by Crippen LogP contribution is -2.35. The molecule has 0 atom stereocenters. The summed E-state index contributed by atoms with van der Waals surface area (Å²) in [5, 5.41) is 11.5. The van der Waals surface area contributed by atoms with Crippen molar-refractivity contribution in [2.24, 2.45) is 10.1 Å². The predicted octanol–water partition coefficient (Wildman–Crippen LogP) is 4.07. The third kappa shape index (κ3) is 3.10. The van der Waals surface area contributed by atoms with Crippen LogP contribution in [0.4, 0.5) is 13.2 Å². The molecule has 6 nitrogen and oxygen atoms in total. The number of nitrogens with one attached hydrogen (secondary N) is 1. The number of hydrazone groups is 1. The second kappa shape index (κ2) is 6.17. The van der Waals surface area contributed by atoms with Gasteiger partial charge >= 0.3 is 6.18 Å². The van der Waals surface area contributed by atoms with Crippen molar-refractivity contribution in [3.63, 3.8) is 0 Å². The Balaban J connectivity index is 1.77. The van der Waals surface area contributed by atoms with E-state index in [2.05, 4.69) is 15.1 Å². The van der Waals surface area contributed by atoms with Crippen LogP contribution in [0.2, 0.25) is 5.15 Å². The molecule has 1 amide bonds. The van der Waals surface area contributed by atoms with Crippen molar-refractivity contribution in [1.29, 1.82) is 5.41 Å². The molecule has 0 spiro atoms. The third-order valence-electron chi connectivity index (χ3n) is 3.70. The average Bonchev–Trinajstić information content (AvgIpc) is 3.03. The number of halogens is 4. The smallest absolute Gasteiger partial charge is 0.282 e. The van der Waals surface area contributed by atoms with Crippen LogP contribution in [0.25, 0.3) is 17.0 Å². The first-order valence-electron chi connectivity index (χ1n) is 7.37. The normalized spacial score (nSPS) is 18.8. The monoisotopic (exact) mass is 409 g/mol. The van der Waals surface area contributed by atoms with Crippen LogP contribution < -0.4 is 0 Å². The van der Waals surface area contributed by atoms with Crippen LogP contribution in [0.15, 0.2) is 46.0 Å². The molecule has 27 heavy (non-hydrogen) atoms. The predicted molar refractivity (Wildman–Crippen MR) is 97.8 cm³/mol. The molecular weight excluding hydrogens is 403 g/mol. The highest BCUT2D eigenvalue weighted by Crippen LogP contribution is 2.35. The second-order valence-electron chi connectivity index (χ2n) is 5.48. The second-order valence-corrected chi connectivity index (χ2v) is 6.80. The molecule has 3 heterocycles. The van der Waals surface area contributed by atoms with E-state index >= 15 is 0 Å². The fourth-order valence-electron chi connectivity index (χ4n) is 2.47. The van der Waals surface area contributed by atoms with Crippen molar-refractivity contribution in [2.45, 2.75) is 6.18 Å². The molecule has 0 bridgehead atoms. The van der Waals surface area contributed by atoms with E-state index in [4.69, 9.17) is 17.0 Å². The van der Waals surface area contributed by atoms with E-state index < -0.39 is 23.0 Å². The number of aliphatic imine (C=N–C) groups is 1. The van der Waals surface area contributed by atoms with Gasteiger partial charge in [-0.2, -0.15) is 28.3 Å². The van der Waals surface area contributed by atoms with Gasteiger partial charge in [0.25, 0.3) is 5.91 Å². The summed E-state index contributed by atoms with van der Waals surface area (Å²) in [5.74, 6) is -1.36. The van der Waals surface area contributed by atoms with Crippen molar-refractivity contribution < 1.29 is 18.0 Å². The van der Waals surface area contributed by atoms with Gasteiger partial charge in [0.05, 0.1) is 11.1 Å². The van der Waals surface area contributed by atoms with Crippen LogP contribution in [0.3, 0.4) is 0 Å². The summed E-state index contributed by atoms with van der Waals surface area (Å²) < 4.78 is 38.5. The molecule has 2 aliphatic heterocycles. The van der Waals surface area contributed by atoms with Crippen molar-refractivity contribution in [3.8, 4) is 0 Å². The lowest BCUT2D eigenvalue weighted by atomic mass is 10.1. The number of amidine groups is 2. The van der Waals surface area contributed by atoms with Crippen LogP contribution >= 0.6 is 23.4 Å². The lowest BCUT2D eigenvalue weighted by molar-refractivity contribution is -0.114. The van der Waals surface area contributed by atoms with Gasteiger partial charge < -0.3 is 0 Å². The molecule has 2 aromatic rings. The van der Waals surface area contributed by atoms with Crippen molar-refractivity contribution >= 4 is 62.3 Å². The number of hydrogen-bond donors (Lipinski definition) is 1. The Kier molecular flexibility index (Phi) is 4.04. The Labute approximate surface area is 158 Å². The number of benzene rings is 1. The molecule has 0 saturated heterocycles. The molecule has 1 aromatic carbocycles. The summed E-state index contributed by atoms with van der Waals surface area (Å²) in [4.78, 5) is 20.1. The zero-order valence-corrected chi connectivity index (χ0v) is 14.7. The number of para-hydroxylation sites is 1. The van der Waals surface area contributed by atoms with Gasteiger partial charge in [-0.15, -0.1) is 0 Å². The summed E-state index contributed by atoms with van der Waals surface area (Å²) in [7, 11) is 0. The number of pyridine rings is 1. The molecular formula is C16H7ClF3N5OS.